The molecule has 1 saturated heterocycles. The number of hydrogen-bond acceptors (Lipinski definition) is 5. The molecule has 1 aliphatic heterocycles. The summed E-state index contributed by atoms with van der Waals surface area (Å²) in [5.74, 6) is 1.73. The number of anilines is 1. The van der Waals surface area contributed by atoms with E-state index < -0.39 is 0 Å². The zero-order valence-corrected chi connectivity index (χ0v) is 17.2. The summed E-state index contributed by atoms with van der Waals surface area (Å²) in [6.07, 6.45) is 3.12. The first-order valence-electron chi connectivity index (χ1n) is 10.1. The van der Waals surface area contributed by atoms with Crippen molar-refractivity contribution >= 4 is 17.5 Å². The van der Waals surface area contributed by atoms with Gasteiger partial charge in [-0.15, -0.1) is 0 Å². The molecule has 1 aromatic heterocycles. The van der Waals surface area contributed by atoms with E-state index in [4.69, 9.17) is 9.47 Å². The van der Waals surface area contributed by atoms with E-state index in [0.717, 1.165) is 24.2 Å². The Morgan fingerprint density at radius 3 is 2.58 bits per heavy atom. The molecule has 0 atom stereocenters. The molecule has 0 saturated carbocycles. The maximum atomic E-state index is 12.4. The van der Waals surface area contributed by atoms with E-state index in [1.165, 1.54) is 0 Å². The Balaban J connectivity index is 1.31. The lowest BCUT2D eigenvalue weighted by Gasteiger charge is -2.15. The number of carbonyl (C=O) groups excluding carboxylic acids is 2. The van der Waals surface area contributed by atoms with Gasteiger partial charge in [0.1, 0.15) is 11.5 Å². The molecule has 0 bridgehead atoms. The molecule has 0 aliphatic carbocycles. The first-order chi connectivity index (χ1) is 15.1. The summed E-state index contributed by atoms with van der Waals surface area (Å²) in [7, 11) is 1.60. The minimum atomic E-state index is -0.184. The van der Waals surface area contributed by atoms with Gasteiger partial charge in [0.2, 0.25) is 11.8 Å². The molecule has 2 amide bonds. The van der Waals surface area contributed by atoms with E-state index in [0.29, 0.717) is 35.9 Å². The number of carbonyl (C=O) groups is 2. The topological polar surface area (TPSA) is 80.8 Å². The van der Waals surface area contributed by atoms with Gasteiger partial charge in [0.15, 0.2) is 0 Å². The van der Waals surface area contributed by atoms with Crippen LogP contribution >= 0.6 is 0 Å². The molecule has 1 N–H and O–H groups in total. The van der Waals surface area contributed by atoms with E-state index in [1.807, 2.05) is 36.4 Å². The number of hydrogen-bond donors (Lipinski definition) is 1. The van der Waals surface area contributed by atoms with Crippen molar-refractivity contribution in [2.45, 2.75) is 19.4 Å². The fraction of sp³-hybridized carbons (Fsp3) is 0.208. The van der Waals surface area contributed by atoms with Gasteiger partial charge in [-0.25, -0.2) is 4.98 Å². The Kier molecular flexibility index (Phi) is 6.12. The largest absolute Gasteiger partial charge is 0.497 e. The summed E-state index contributed by atoms with van der Waals surface area (Å²) in [5, 5.41) is 2.88. The van der Waals surface area contributed by atoms with Crippen LogP contribution in [0.2, 0.25) is 0 Å². The highest BCUT2D eigenvalue weighted by Gasteiger charge is 2.21. The fourth-order valence-electron chi connectivity index (χ4n) is 3.36. The zero-order chi connectivity index (χ0) is 21.6. The summed E-state index contributed by atoms with van der Waals surface area (Å²) in [5.41, 5.74) is 2.22. The number of benzene rings is 2. The molecule has 0 spiro atoms. The molecule has 7 nitrogen and oxygen atoms in total. The van der Waals surface area contributed by atoms with Crippen LogP contribution in [-0.4, -0.2) is 30.5 Å². The predicted molar refractivity (Wildman–Crippen MR) is 117 cm³/mol. The number of nitrogens with zero attached hydrogens (tertiary/aromatic N) is 2. The normalized spacial score (nSPS) is 13.2. The van der Waals surface area contributed by atoms with Gasteiger partial charge in [-0.1, -0.05) is 12.1 Å². The molecule has 0 radical (unpaired) electrons. The van der Waals surface area contributed by atoms with Crippen molar-refractivity contribution in [2.24, 2.45) is 0 Å². The summed E-state index contributed by atoms with van der Waals surface area (Å²) >= 11 is 0. The monoisotopic (exact) mass is 417 g/mol. The first-order valence-corrected chi connectivity index (χ1v) is 10.1. The predicted octanol–water partition coefficient (Wildman–Crippen LogP) is 3.94. The van der Waals surface area contributed by atoms with Crippen LogP contribution in [0.25, 0.3) is 0 Å². The third kappa shape index (κ3) is 5.01. The average molecular weight is 417 g/mol. The Bertz CT molecular complexity index is 1060. The highest BCUT2D eigenvalue weighted by atomic mass is 16.5. The maximum Gasteiger partial charge on any atom is 0.251 e. The van der Waals surface area contributed by atoms with Gasteiger partial charge in [0.25, 0.3) is 5.91 Å². The number of nitrogens with one attached hydrogen (secondary N) is 1. The molecule has 1 fully saturated rings. The van der Waals surface area contributed by atoms with Crippen molar-refractivity contribution in [1.29, 1.82) is 0 Å². The van der Waals surface area contributed by atoms with Crippen molar-refractivity contribution in [3.63, 3.8) is 0 Å². The SMILES string of the molecule is COc1cccc(Oc2ccc(CNC(=O)c3ccc(N4CCCC4=O)cc3)cn2)c1. The molecular formula is C24H23N3O4. The van der Waals surface area contributed by atoms with E-state index in [1.54, 1.807) is 42.5 Å². The average Bonchev–Trinajstić information content (AvgIpc) is 3.24. The van der Waals surface area contributed by atoms with Gasteiger partial charge in [-0.2, -0.15) is 0 Å². The second-order valence-electron chi connectivity index (χ2n) is 7.16. The lowest BCUT2D eigenvalue weighted by molar-refractivity contribution is -0.117. The molecule has 31 heavy (non-hydrogen) atoms. The van der Waals surface area contributed by atoms with Crippen LogP contribution in [0.1, 0.15) is 28.8 Å². The molecule has 0 unspecified atom stereocenters. The molecule has 4 rings (SSSR count). The molecule has 2 aromatic carbocycles. The summed E-state index contributed by atoms with van der Waals surface area (Å²) < 4.78 is 10.9. The standard InChI is InChI=1S/C24H23N3O4/c1-30-20-4-2-5-21(14-20)31-22-12-7-17(15-25-22)16-26-24(29)18-8-10-19(11-9-18)27-13-3-6-23(27)28/h2,4-5,7-12,14-15H,3,6,13,16H2,1H3,(H,26,29). The van der Waals surface area contributed by atoms with Crippen LogP contribution in [0.3, 0.4) is 0 Å². The van der Waals surface area contributed by atoms with Crippen LogP contribution in [0.5, 0.6) is 17.4 Å². The second-order valence-corrected chi connectivity index (χ2v) is 7.16. The minimum Gasteiger partial charge on any atom is -0.497 e. The van der Waals surface area contributed by atoms with Crippen LogP contribution in [0, 0.1) is 0 Å². The summed E-state index contributed by atoms with van der Waals surface area (Å²) in [4.78, 5) is 30.3. The van der Waals surface area contributed by atoms with E-state index >= 15 is 0 Å². The fourth-order valence-corrected chi connectivity index (χ4v) is 3.36. The minimum absolute atomic E-state index is 0.128. The smallest absolute Gasteiger partial charge is 0.251 e. The van der Waals surface area contributed by atoms with E-state index in [9.17, 15) is 9.59 Å². The molecule has 3 aromatic rings. The second kappa shape index (κ2) is 9.30. The van der Waals surface area contributed by atoms with Gasteiger partial charge in [0, 0.05) is 49.1 Å². The van der Waals surface area contributed by atoms with Crippen LogP contribution in [0.15, 0.2) is 66.9 Å². The lowest BCUT2D eigenvalue weighted by Crippen LogP contribution is -2.25. The first kappa shape index (κ1) is 20.4. The van der Waals surface area contributed by atoms with Gasteiger partial charge in [0.05, 0.1) is 7.11 Å². The number of ether oxygens (including phenoxy) is 2. The van der Waals surface area contributed by atoms with Crippen molar-refractivity contribution in [3.8, 4) is 17.4 Å². The van der Waals surface area contributed by atoms with Crippen LogP contribution < -0.4 is 19.7 Å². The number of rotatable bonds is 7. The maximum absolute atomic E-state index is 12.4. The van der Waals surface area contributed by atoms with Crippen molar-refractivity contribution in [3.05, 3.63) is 78.0 Å². The van der Waals surface area contributed by atoms with E-state index in [-0.39, 0.29) is 11.8 Å². The molecule has 2 heterocycles. The Morgan fingerprint density at radius 1 is 1.10 bits per heavy atom. The number of aromatic nitrogens is 1. The third-order valence-electron chi connectivity index (χ3n) is 5.03. The number of pyridine rings is 1. The highest BCUT2D eigenvalue weighted by Crippen LogP contribution is 2.24. The van der Waals surface area contributed by atoms with Gasteiger partial charge in [-0.3, -0.25) is 9.59 Å². The molecule has 7 heteroatoms. The molecule has 1 aliphatic rings. The van der Waals surface area contributed by atoms with E-state index in [2.05, 4.69) is 10.3 Å². The Morgan fingerprint density at radius 2 is 1.90 bits per heavy atom. The van der Waals surface area contributed by atoms with Crippen LogP contribution in [-0.2, 0) is 11.3 Å². The zero-order valence-electron chi connectivity index (χ0n) is 17.2. The van der Waals surface area contributed by atoms with Gasteiger partial charge >= 0.3 is 0 Å². The highest BCUT2D eigenvalue weighted by molar-refractivity contribution is 5.97. The number of amides is 2. The quantitative estimate of drug-likeness (QED) is 0.630. The summed E-state index contributed by atoms with van der Waals surface area (Å²) in [6.45, 7) is 1.08. The van der Waals surface area contributed by atoms with Gasteiger partial charge in [-0.05, 0) is 48.4 Å². The lowest BCUT2D eigenvalue weighted by atomic mass is 10.1. The Hall–Kier alpha value is -3.87. The Labute approximate surface area is 180 Å². The van der Waals surface area contributed by atoms with Crippen molar-refractivity contribution < 1.29 is 19.1 Å². The summed E-state index contributed by atoms with van der Waals surface area (Å²) in [6, 6.07) is 18.0. The number of methoxy groups -OCH3 is 1. The molecular weight excluding hydrogens is 394 g/mol. The molecule has 158 valence electrons. The van der Waals surface area contributed by atoms with Gasteiger partial charge < -0.3 is 19.7 Å². The van der Waals surface area contributed by atoms with Crippen molar-refractivity contribution in [2.75, 3.05) is 18.6 Å². The third-order valence-corrected chi connectivity index (χ3v) is 5.03. The van der Waals surface area contributed by atoms with Crippen molar-refractivity contribution in [1.82, 2.24) is 10.3 Å². The van der Waals surface area contributed by atoms with Crippen LogP contribution in [0.4, 0.5) is 5.69 Å².